The van der Waals surface area contributed by atoms with Crippen LogP contribution in [0.15, 0.2) is 29.8 Å². The van der Waals surface area contributed by atoms with Gasteiger partial charge in [-0.15, -0.1) is 0 Å². The van der Waals surface area contributed by atoms with Crippen LogP contribution in [0.4, 0.5) is 5.69 Å². The van der Waals surface area contributed by atoms with Gasteiger partial charge in [-0.1, -0.05) is 12.1 Å². The lowest BCUT2D eigenvalue weighted by Gasteiger charge is -1.97. The number of hydrogen-bond acceptors (Lipinski definition) is 5. The minimum atomic E-state index is -0.779. The second-order valence-electron chi connectivity index (χ2n) is 3.01. The lowest BCUT2D eigenvalue weighted by Crippen LogP contribution is -2.02. The van der Waals surface area contributed by atoms with Crippen LogP contribution in [0, 0.1) is 21.4 Å². The van der Waals surface area contributed by atoms with Crippen molar-refractivity contribution in [2.45, 2.75) is 0 Å². The lowest BCUT2D eigenvalue weighted by molar-refractivity contribution is -0.384. The molecule has 0 unspecified atom stereocenters. The maximum Gasteiger partial charge on any atom is 0.348 e. The monoisotopic (exact) mass is 232 g/mol. The summed E-state index contributed by atoms with van der Waals surface area (Å²) in [6, 6.07) is 7.27. The molecule has 0 aromatic heterocycles. The smallest absolute Gasteiger partial charge is 0.348 e. The first-order valence-corrected chi connectivity index (χ1v) is 4.53. The Morgan fingerprint density at radius 3 is 2.82 bits per heavy atom. The van der Waals surface area contributed by atoms with Crippen molar-refractivity contribution in [1.82, 2.24) is 0 Å². The highest BCUT2D eigenvalue weighted by Gasteiger charge is 2.10. The van der Waals surface area contributed by atoms with E-state index in [-0.39, 0.29) is 11.3 Å². The Labute approximate surface area is 96.9 Å². The minimum absolute atomic E-state index is 0.110. The van der Waals surface area contributed by atoms with E-state index in [0.29, 0.717) is 5.56 Å². The lowest BCUT2D eigenvalue weighted by atomic mass is 10.1. The van der Waals surface area contributed by atoms with E-state index in [1.54, 1.807) is 12.1 Å². The van der Waals surface area contributed by atoms with Crippen molar-refractivity contribution in [2.75, 3.05) is 7.11 Å². The second-order valence-corrected chi connectivity index (χ2v) is 3.01. The Bertz CT molecular complexity index is 529. The van der Waals surface area contributed by atoms with Gasteiger partial charge in [0.2, 0.25) is 0 Å². The zero-order valence-electron chi connectivity index (χ0n) is 8.91. The number of rotatable bonds is 3. The number of hydrogen-bond donors (Lipinski definition) is 0. The Morgan fingerprint density at radius 2 is 2.29 bits per heavy atom. The molecule has 0 spiro atoms. The van der Waals surface area contributed by atoms with Crippen LogP contribution < -0.4 is 0 Å². The first-order valence-electron chi connectivity index (χ1n) is 4.53. The third-order valence-electron chi connectivity index (χ3n) is 1.92. The number of nitriles is 1. The molecule has 0 heterocycles. The molecule has 0 saturated heterocycles. The van der Waals surface area contributed by atoms with Crippen LogP contribution in [0.1, 0.15) is 5.56 Å². The van der Waals surface area contributed by atoms with Gasteiger partial charge in [-0.05, 0) is 11.6 Å². The molecular formula is C11H8N2O4. The summed E-state index contributed by atoms with van der Waals surface area (Å²) in [5.74, 6) is -0.779. The number of ether oxygens (including phenoxy) is 1. The van der Waals surface area contributed by atoms with E-state index in [1.165, 1.54) is 24.3 Å². The fourth-order valence-corrected chi connectivity index (χ4v) is 1.14. The van der Waals surface area contributed by atoms with Crippen LogP contribution in [0.2, 0.25) is 0 Å². The van der Waals surface area contributed by atoms with Crippen molar-refractivity contribution in [1.29, 1.82) is 5.26 Å². The molecule has 86 valence electrons. The summed E-state index contributed by atoms with van der Waals surface area (Å²) in [6.45, 7) is 0. The quantitative estimate of drug-likeness (QED) is 0.260. The molecule has 0 atom stereocenters. The van der Waals surface area contributed by atoms with Gasteiger partial charge in [0.05, 0.1) is 12.0 Å². The molecule has 1 rings (SSSR count). The molecule has 0 aliphatic rings. The van der Waals surface area contributed by atoms with E-state index in [1.807, 2.05) is 0 Å². The molecule has 0 aliphatic carbocycles. The number of non-ortho nitro benzene ring substituents is 1. The summed E-state index contributed by atoms with van der Waals surface area (Å²) >= 11 is 0. The molecule has 0 radical (unpaired) electrons. The van der Waals surface area contributed by atoms with Gasteiger partial charge in [-0.25, -0.2) is 4.79 Å². The fourth-order valence-electron chi connectivity index (χ4n) is 1.14. The van der Waals surface area contributed by atoms with Crippen LogP contribution in [0.25, 0.3) is 6.08 Å². The van der Waals surface area contributed by atoms with E-state index < -0.39 is 10.9 Å². The maximum atomic E-state index is 11.1. The highest BCUT2D eigenvalue weighted by atomic mass is 16.6. The minimum Gasteiger partial charge on any atom is -0.465 e. The molecule has 6 heteroatoms. The summed E-state index contributed by atoms with van der Waals surface area (Å²) in [5, 5.41) is 19.2. The fraction of sp³-hybridized carbons (Fsp3) is 0.0909. The van der Waals surface area contributed by atoms with Gasteiger partial charge in [0.25, 0.3) is 5.69 Å². The van der Waals surface area contributed by atoms with Crippen molar-refractivity contribution in [3.63, 3.8) is 0 Å². The van der Waals surface area contributed by atoms with Gasteiger partial charge in [0.1, 0.15) is 11.6 Å². The average molecular weight is 232 g/mol. The van der Waals surface area contributed by atoms with Crippen molar-refractivity contribution in [3.8, 4) is 6.07 Å². The van der Waals surface area contributed by atoms with Crippen molar-refractivity contribution >= 4 is 17.7 Å². The summed E-state index contributed by atoms with van der Waals surface area (Å²) in [6.07, 6.45) is 1.23. The normalized spacial score (nSPS) is 10.5. The molecule has 0 amide bonds. The number of nitro benzene ring substituents is 1. The summed E-state index contributed by atoms with van der Waals surface area (Å²) in [5.41, 5.74) is 0.0649. The van der Waals surface area contributed by atoms with E-state index >= 15 is 0 Å². The predicted molar refractivity (Wildman–Crippen MR) is 58.7 cm³/mol. The number of carbonyl (C=O) groups excluding carboxylic acids is 1. The van der Waals surface area contributed by atoms with E-state index in [9.17, 15) is 14.9 Å². The van der Waals surface area contributed by atoms with Gasteiger partial charge in [-0.3, -0.25) is 10.1 Å². The Morgan fingerprint density at radius 1 is 1.59 bits per heavy atom. The SMILES string of the molecule is COC(=O)/C(C#N)=C\c1cccc([N+](=O)[O-])c1. The van der Waals surface area contributed by atoms with Crippen LogP contribution in [0.3, 0.4) is 0 Å². The number of carbonyl (C=O) groups is 1. The highest BCUT2D eigenvalue weighted by Crippen LogP contribution is 2.15. The first kappa shape index (κ1) is 12.4. The average Bonchev–Trinajstić information content (AvgIpc) is 2.35. The van der Waals surface area contributed by atoms with Crippen molar-refractivity contribution < 1.29 is 14.5 Å². The Balaban J connectivity index is 3.13. The van der Waals surface area contributed by atoms with Gasteiger partial charge in [0, 0.05) is 12.1 Å². The molecule has 0 aliphatic heterocycles. The van der Waals surface area contributed by atoms with Crippen LogP contribution in [0.5, 0.6) is 0 Å². The molecule has 1 aromatic rings. The van der Waals surface area contributed by atoms with Crippen molar-refractivity contribution in [2.24, 2.45) is 0 Å². The molecule has 0 saturated carbocycles. The Kier molecular flexibility index (Phi) is 3.95. The second kappa shape index (κ2) is 5.42. The topological polar surface area (TPSA) is 93.2 Å². The van der Waals surface area contributed by atoms with Gasteiger partial charge in [0.15, 0.2) is 0 Å². The zero-order valence-corrected chi connectivity index (χ0v) is 8.91. The third-order valence-corrected chi connectivity index (χ3v) is 1.92. The molecule has 0 N–H and O–H groups in total. The molecule has 17 heavy (non-hydrogen) atoms. The number of esters is 1. The predicted octanol–water partition coefficient (Wildman–Crippen LogP) is 1.67. The third kappa shape index (κ3) is 3.14. The van der Waals surface area contributed by atoms with Gasteiger partial charge >= 0.3 is 5.97 Å². The van der Waals surface area contributed by atoms with Crippen LogP contribution >= 0.6 is 0 Å². The number of benzene rings is 1. The zero-order chi connectivity index (χ0) is 12.8. The largest absolute Gasteiger partial charge is 0.465 e. The van der Waals surface area contributed by atoms with E-state index in [0.717, 1.165) is 7.11 Å². The molecule has 1 aromatic carbocycles. The van der Waals surface area contributed by atoms with E-state index in [2.05, 4.69) is 4.74 Å². The van der Waals surface area contributed by atoms with Crippen molar-refractivity contribution in [3.05, 3.63) is 45.5 Å². The van der Waals surface area contributed by atoms with E-state index in [4.69, 9.17) is 5.26 Å². The molecule has 6 nitrogen and oxygen atoms in total. The standard InChI is InChI=1S/C11H8N2O4/c1-17-11(14)9(7-12)5-8-3-2-4-10(6-8)13(15)16/h2-6H,1H3/b9-5-. The summed E-state index contributed by atoms with van der Waals surface area (Å²) < 4.78 is 4.39. The van der Waals surface area contributed by atoms with Crippen LogP contribution in [-0.2, 0) is 9.53 Å². The molecule has 0 fully saturated rings. The molecule has 0 bridgehead atoms. The molecular weight excluding hydrogens is 224 g/mol. The Hall–Kier alpha value is -2.68. The number of nitro groups is 1. The van der Waals surface area contributed by atoms with Gasteiger partial charge in [-0.2, -0.15) is 5.26 Å². The number of methoxy groups -OCH3 is 1. The number of nitrogens with zero attached hydrogens (tertiary/aromatic N) is 2. The summed E-state index contributed by atoms with van der Waals surface area (Å²) in [7, 11) is 1.15. The maximum absolute atomic E-state index is 11.1. The summed E-state index contributed by atoms with van der Waals surface area (Å²) in [4.78, 5) is 21.1. The van der Waals surface area contributed by atoms with Gasteiger partial charge < -0.3 is 4.74 Å². The first-order chi connectivity index (χ1) is 8.08. The highest BCUT2D eigenvalue weighted by molar-refractivity contribution is 5.97. The van der Waals surface area contributed by atoms with Crippen LogP contribution in [-0.4, -0.2) is 18.0 Å².